The van der Waals surface area contributed by atoms with E-state index < -0.39 is 11.8 Å². The Labute approximate surface area is 146 Å². The number of ether oxygens (including phenoxy) is 1. The largest absolute Gasteiger partial charge is 0.489 e. The van der Waals surface area contributed by atoms with E-state index in [2.05, 4.69) is 10.6 Å². The van der Waals surface area contributed by atoms with Crippen molar-refractivity contribution in [1.29, 1.82) is 0 Å². The summed E-state index contributed by atoms with van der Waals surface area (Å²) in [6.45, 7) is 5.56. The van der Waals surface area contributed by atoms with Gasteiger partial charge in [0.25, 0.3) is 0 Å². The Bertz CT molecular complexity index is 760. The summed E-state index contributed by atoms with van der Waals surface area (Å²) in [5.74, 6) is -1.03. The third kappa shape index (κ3) is 4.73. The molecule has 0 heterocycles. The van der Waals surface area contributed by atoms with Crippen LogP contribution in [0.25, 0.3) is 0 Å². The molecular formula is C18H19ClN2O3. The number of anilines is 2. The zero-order valence-corrected chi connectivity index (χ0v) is 14.5. The molecule has 126 valence electrons. The zero-order valence-electron chi connectivity index (χ0n) is 13.7. The van der Waals surface area contributed by atoms with Crippen molar-refractivity contribution in [1.82, 2.24) is 0 Å². The van der Waals surface area contributed by atoms with E-state index in [-0.39, 0.29) is 6.10 Å². The van der Waals surface area contributed by atoms with Crippen LogP contribution in [0.1, 0.15) is 19.4 Å². The van der Waals surface area contributed by atoms with Crippen molar-refractivity contribution in [3.05, 3.63) is 53.1 Å². The highest BCUT2D eigenvalue weighted by molar-refractivity contribution is 6.44. The van der Waals surface area contributed by atoms with Gasteiger partial charge in [-0.1, -0.05) is 23.7 Å². The normalized spacial score (nSPS) is 10.4. The van der Waals surface area contributed by atoms with E-state index in [1.807, 2.05) is 13.8 Å². The summed E-state index contributed by atoms with van der Waals surface area (Å²) in [5, 5.41) is 5.70. The molecule has 0 aliphatic carbocycles. The lowest BCUT2D eigenvalue weighted by Gasteiger charge is -2.15. The maximum Gasteiger partial charge on any atom is 0.314 e. The Morgan fingerprint density at radius 3 is 2.25 bits per heavy atom. The first kappa shape index (κ1) is 17.8. The smallest absolute Gasteiger partial charge is 0.314 e. The second kappa shape index (κ2) is 7.84. The van der Waals surface area contributed by atoms with Gasteiger partial charge in [0.1, 0.15) is 5.75 Å². The molecule has 0 atom stereocenters. The SMILES string of the molecule is Cc1cc(Cl)ccc1NC(=O)C(=O)Nc1ccccc1OC(C)C. The summed E-state index contributed by atoms with van der Waals surface area (Å²) in [7, 11) is 0. The average molecular weight is 347 g/mol. The number of amides is 2. The number of hydrogen-bond acceptors (Lipinski definition) is 3. The zero-order chi connectivity index (χ0) is 17.7. The summed E-state index contributed by atoms with van der Waals surface area (Å²) < 4.78 is 5.62. The molecule has 2 aromatic rings. The Hall–Kier alpha value is -2.53. The Kier molecular flexibility index (Phi) is 5.82. The first-order chi connectivity index (χ1) is 11.4. The molecular weight excluding hydrogens is 328 g/mol. The van der Waals surface area contributed by atoms with Crippen molar-refractivity contribution in [2.75, 3.05) is 10.6 Å². The van der Waals surface area contributed by atoms with Crippen LogP contribution in [0.2, 0.25) is 5.02 Å². The Balaban J connectivity index is 2.08. The number of benzene rings is 2. The topological polar surface area (TPSA) is 67.4 Å². The van der Waals surface area contributed by atoms with Crippen molar-refractivity contribution in [3.63, 3.8) is 0 Å². The van der Waals surface area contributed by atoms with Crippen LogP contribution in [-0.2, 0) is 9.59 Å². The number of nitrogens with one attached hydrogen (secondary N) is 2. The molecule has 2 N–H and O–H groups in total. The number of rotatable bonds is 4. The standard InChI is InChI=1S/C18H19ClN2O3/c1-11(2)24-16-7-5-4-6-15(16)21-18(23)17(22)20-14-9-8-13(19)10-12(14)3/h4-11H,1-3H3,(H,20,22)(H,21,23). The molecule has 6 heteroatoms. The van der Waals surface area contributed by atoms with Crippen LogP contribution in [-0.4, -0.2) is 17.9 Å². The molecule has 0 fully saturated rings. The Morgan fingerprint density at radius 1 is 1.00 bits per heavy atom. The average Bonchev–Trinajstić information content (AvgIpc) is 2.51. The molecule has 0 saturated heterocycles. The van der Waals surface area contributed by atoms with Gasteiger partial charge in [0, 0.05) is 10.7 Å². The van der Waals surface area contributed by atoms with E-state index in [0.717, 1.165) is 5.56 Å². The quantitative estimate of drug-likeness (QED) is 0.822. The fraction of sp³-hybridized carbons (Fsp3) is 0.222. The lowest BCUT2D eigenvalue weighted by atomic mass is 10.2. The van der Waals surface area contributed by atoms with Crippen LogP contribution in [0.3, 0.4) is 0 Å². The van der Waals surface area contributed by atoms with Gasteiger partial charge in [0.15, 0.2) is 0 Å². The van der Waals surface area contributed by atoms with Gasteiger partial charge in [-0.3, -0.25) is 9.59 Å². The van der Waals surface area contributed by atoms with Crippen LogP contribution in [0.4, 0.5) is 11.4 Å². The predicted octanol–water partition coefficient (Wildman–Crippen LogP) is 4.01. The molecule has 2 aromatic carbocycles. The molecule has 0 aromatic heterocycles. The molecule has 0 aliphatic rings. The number of halogens is 1. The first-order valence-corrected chi connectivity index (χ1v) is 7.89. The minimum Gasteiger partial charge on any atom is -0.489 e. The minimum atomic E-state index is -0.774. The monoisotopic (exact) mass is 346 g/mol. The van der Waals surface area contributed by atoms with Gasteiger partial charge in [-0.15, -0.1) is 0 Å². The van der Waals surface area contributed by atoms with Gasteiger partial charge < -0.3 is 15.4 Å². The maximum atomic E-state index is 12.1. The molecule has 0 spiro atoms. The highest BCUT2D eigenvalue weighted by Gasteiger charge is 2.17. The van der Waals surface area contributed by atoms with Gasteiger partial charge in [-0.25, -0.2) is 0 Å². The second-order valence-corrected chi connectivity index (χ2v) is 5.97. The molecule has 0 saturated carbocycles. The van der Waals surface area contributed by atoms with Crippen molar-refractivity contribution in [3.8, 4) is 5.75 Å². The van der Waals surface area contributed by atoms with Crippen LogP contribution < -0.4 is 15.4 Å². The van der Waals surface area contributed by atoms with E-state index in [4.69, 9.17) is 16.3 Å². The van der Waals surface area contributed by atoms with Crippen molar-refractivity contribution in [2.24, 2.45) is 0 Å². The maximum absolute atomic E-state index is 12.1. The van der Waals surface area contributed by atoms with Crippen LogP contribution in [0.5, 0.6) is 5.75 Å². The van der Waals surface area contributed by atoms with Crippen molar-refractivity contribution < 1.29 is 14.3 Å². The van der Waals surface area contributed by atoms with E-state index >= 15 is 0 Å². The number of hydrogen-bond donors (Lipinski definition) is 2. The number of carbonyl (C=O) groups is 2. The van der Waals surface area contributed by atoms with Crippen LogP contribution in [0.15, 0.2) is 42.5 Å². The third-order valence-electron chi connectivity index (χ3n) is 3.14. The summed E-state index contributed by atoms with van der Waals surface area (Å²) >= 11 is 5.88. The lowest BCUT2D eigenvalue weighted by molar-refractivity contribution is -0.133. The third-order valence-corrected chi connectivity index (χ3v) is 3.38. The minimum absolute atomic E-state index is 0.0476. The summed E-state index contributed by atoms with van der Waals surface area (Å²) in [6, 6.07) is 12.0. The Morgan fingerprint density at radius 2 is 1.62 bits per heavy atom. The van der Waals surface area contributed by atoms with Gasteiger partial charge in [0.2, 0.25) is 0 Å². The summed E-state index contributed by atoms with van der Waals surface area (Å²) in [4.78, 5) is 24.2. The van der Waals surface area contributed by atoms with Crippen LogP contribution in [0, 0.1) is 6.92 Å². The summed E-state index contributed by atoms with van der Waals surface area (Å²) in [6.07, 6.45) is -0.0476. The molecule has 0 aliphatic heterocycles. The molecule has 2 rings (SSSR count). The number of carbonyl (C=O) groups excluding carboxylic acids is 2. The first-order valence-electron chi connectivity index (χ1n) is 7.51. The highest BCUT2D eigenvalue weighted by atomic mass is 35.5. The van der Waals surface area contributed by atoms with Gasteiger partial charge in [0.05, 0.1) is 11.8 Å². The second-order valence-electron chi connectivity index (χ2n) is 5.53. The van der Waals surface area contributed by atoms with E-state index in [0.29, 0.717) is 22.1 Å². The molecule has 0 radical (unpaired) electrons. The predicted molar refractivity (Wildman–Crippen MR) is 95.7 cm³/mol. The van der Waals surface area contributed by atoms with Gasteiger partial charge >= 0.3 is 11.8 Å². The van der Waals surface area contributed by atoms with E-state index in [9.17, 15) is 9.59 Å². The molecule has 2 amide bonds. The fourth-order valence-corrected chi connectivity index (χ4v) is 2.28. The van der Waals surface area contributed by atoms with Gasteiger partial charge in [-0.05, 0) is 56.7 Å². The van der Waals surface area contributed by atoms with Crippen molar-refractivity contribution in [2.45, 2.75) is 26.9 Å². The highest BCUT2D eigenvalue weighted by Crippen LogP contribution is 2.25. The van der Waals surface area contributed by atoms with E-state index in [1.54, 1.807) is 49.4 Å². The molecule has 5 nitrogen and oxygen atoms in total. The van der Waals surface area contributed by atoms with Crippen LogP contribution >= 0.6 is 11.6 Å². The van der Waals surface area contributed by atoms with E-state index in [1.165, 1.54) is 0 Å². The number of para-hydroxylation sites is 2. The lowest BCUT2D eigenvalue weighted by Crippen LogP contribution is -2.29. The molecule has 0 unspecified atom stereocenters. The fourth-order valence-electron chi connectivity index (χ4n) is 2.05. The van der Waals surface area contributed by atoms with Crippen molar-refractivity contribution >= 4 is 34.8 Å². The van der Waals surface area contributed by atoms with Gasteiger partial charge in [-0.2, -0.15) is 0 Å². The summed E-state index contributed by atoms with van der Waals surface area (Å²) in [5.41, 5.74) is 1.75. The number of aryl methyl sites for hydroxylation is 1. The molecule has 24 heavy (non-hydrogen) atoms. The molecule has 0 bridgehead atoms.